The molecule has 9 nitrogen and oxygen atoms in total. The molecule has 194 valence electrons. The highest BCUT2D eigenvalue weighted by Gasteiger charge is 2.30. The second-order valence-electron chi connectivity index (χ2n) is 9.31. The van der Waals surface area contributed by atoms with Gasteiger partial charge in [-0.05, 0) is 36.8 Å². The Hall–Kier alpha value is -3.72. The van der Waals surface area contributed by atoms with Crippen LogP contribution in [-0.2, 0) is 32.0 Å². The Labute approximate surface area is 211 Å². The second-order valence-corrected chi connectivity index (χ2v) is 9.31. The monoisotopic (exact) mass is 496 g/mol. The molecule has 2 aromatic carbocycles. The van der Waals surface area contributed by atoms with E-state index in [1.54, 1.807) is 0 Å². The van der Waals surface area contributed by atoms with Crippen LogP contribution in [0.3, 0.4) is 0 Å². The summed E-state index contributed by atoms with van der Waals surface area (Å²) >= 11 is 0. The maximum absolute atomic E-state index is 13.3. The van der Waals surface area contributed by atoms with E-state index in [1.807, 2.05) is 74.5 Å². The van der Waals surface area contributed by atoms with E-state index in [0.717, 1.165) is 11.1 Å². The highest BCUT2D eigenvalue weighted by atomic mass is 16.4. The number of nitrogens with one attached hydrogen (secondary N) is 3. The number of nitrogens with two attached hydrogens (primary N) is 1. The molecule has 0 fully saturated rings. The molecule has 2 rings (SSSR count). The number of hydrogen-bond donors (Lipinski definition) is 5. The van der Waals surface area contributed by atoms with Gasteiger partial charge in [0, 0.05) is 6.42 Å². The zero-order chi connectivity index (χ0) is 26.7. The fourth-order valence-electron chi connectivity index (χ4n) is 3.65. The van der Waals surface area contributed by atoms with E-state index in [2.05, 4.69) is 16.0 Å². The van der Waals surface area contributed by atoms with Crippen molar-refractivity contribution in [2.24, 2.45) is 11.7 Å². The van der Waals surface area contributed by atoms with Crippen LogP contribution < -0.4 is 21.7 Å². The van der Waals surface area contributed by atoms with Crippen LogP contribution in [0.4, 0.5) is 0 Å². The lowest BCUT2D eigenvalue weighted by molar-refractivity contribution is -0.141. The zero-order valence-corrected chi connectivity index (χ0v) is 20.9. The molecule has 0 bridgehead atoms. The van der Waals surface area contributed by atoms with E-state index in [0.29, 0.717) is 12.8 Å². The Morgan fingerprint density at radius 3 is 1.69 bits per heavy atom. The highest BCUT2D eigenvalue weighted by molar-refractivity contribution is 5.94. The average Bonchev–Trinajstić information content (AvgIpc) is 2.83. The van der Waals surface area contributed by atoms with Gasteiger partial charge in [0.2, 0.25) is 17.7 Å². The number of carboxylic acids is 1. The molecule has 3 amide bonds. The fraction of sp³-hybridized carbons (Fsp3) is 0.407. The van der Waals surface area contributed by atoms with Gasteiger partial charge in [0.25, 0.3) is 0 Å². The summed E-state index contributed by atoms with van der Waals surface area (Å²) in [5, 5.41) is 17.0. The molecule has 6 N–H and O–H groups in total. The number of carbonyl (C=O) groups is 4. The van der Waals surface area contributed by atoms with Gasteiger partial charge in [-0.2, -0.15) is 0 Å². The van der Waals surface area contributed by atoms with E-state index >= 15 is 0 Å². The Morgan fingerprint density at radius 1 is 0.722 bits per heavy atom. The minimum atomic E-state index is -1.19. The third-order valence-corrected chi connectivity index (χ3v) is 5.62. The standard InChI is InChI=1S/C27H36N4O5/c1-17(2)14-22(30-24(32)21(28)15-19-10-6-4-7-11-19)26(34)31-23(16-20-12-8-5-9-13-20)25(33)29-18(3)27(35)36/h4-13,17-18,21-23H,14-16,28H2,1-3H3,(H,29,33)(H,30,32)(H,31,34)(H,35,36)/t18-,21-,22-,23-/m0/s1. The highest BCUT2D eigenvalue weighted by Crippen LogP contribution is 2.09. The largest absolute Gasteiger partial charge is 0.480 e. The maximum Gasteiger partial charge on any atom is 0.325 e. The minimum absolute atomic E-state index is 0.0693. The molecule has 36 heavy (non-hydrogen) atoms. The van der Waals surface area contributed by atoms with Gasteiger partial charge in [0.05, 0.1) is 6.04 Å². The Kier molecular flexibility index (Phi) is 11.1. The molecule has 4 atom stereocenters. The number of amides is 3. The third kappa shape index (κ3) is 9.50. The molecule has 9 heteroatoms. The Bertz CT molecular complexity index is 1010. The maximum atomic E-state index is 13.3. The normalized spacial score (nSPS) is 14.2. The molecule has 0 aromatic heterocycles. The van der Waals surface area contributed by atoms with Crippen molar-refractivity contribution >= 4 is 23.7 Å². The van der Waals surface area contributed by atoms with Gasteiger partial charge in [-0.25, -0.2) is 0 Å². The topological polar surface area (TPSA) is 151 Å². The van der Waals surface area contributed by atoms with Crippen LogP contribution >= 0.6 is 0 Å². The van der Waals surface area contributed by atoms with Gasteiger partial charge in [0.15, 0.2) is 0 Å². The third-order valence-electron chi connectivity index (χ3n) is 5.62. The van der Waals surface area contributed by atoms with Crippen molar-refractivity contribution in [2.75, 3.05) is 0 Å². The number of aliphatic carboxylic acids is 1. The van der Waals surface area contributed by atoms with Gasteiger partial charge in [0.1, 0.15) is 18.1 Å². The molecular formula is C27H36N4O5. The van der Waals surface area contributed by atoms with E-state index < -0.39 is 47.9 Å². The van der Waals surface area contributed by atoms with Gasteiger partial charge in [-0.15, -0.1) is 0 Å². The van der Waals surface area contributed by atoms with E-state index in [4.69, 9.17) is 10.8 Å². The van der Waals surface area contributed by atoms with Crippen LogP contribution in [-0.4, -0.2) is 53.0 Å². The van der Waals surface area contributed by atoms with Crippen LogP contribution in [0.15, 0.2) is 60.7 Å². The lowest BCUT2D eigenvalue weighted by Gasteiger charge is -2.26. The summed E-state index contributed by atoms with van der Waals surface area (Å²) in [4.78, 5) is 50.2. The number of carboxylic acid groups (broad SMARTS) is 1. The van der Waals surface area contributed by atoms with Crippen LogP contribution in [0.1, 0.15) is 38.3 Å². The first-order valence-electron chi connectivity index (χ1n) is 12.0. The minimum Gasteiger partial charge on any atom is -0.480 e. The Balaban J connectivity index is 2.15. The number of carbonyl (C=O) groups excluding carboxylic acids is 3. The van der Waals surface area contributed by atoms with Crippen LogP contribution in [0.5, 0.6) is 0 Å². The van der Waals surface area contributed by atoms with E-state index in [-0.39, 0.29) is 12.3 Å². The number of benzene rings is 2. The summed E-state index contributed by atoms with van der Waals surface area (Å²) in [5.41, 5.74) is 7.79. The molecule has 0 heterocycles. The van der Waals surface area contributed by atoms with Crippen molar-refractivity contribution in [1.82, 2.24) is 16.0 Å². The van der Waals surface area contributed by atoms with Crippen LogP contribution in [0.2, 0.25) is 0 Å². The number of rotatable bonds is 13. The molecule has 0 saturated heterocycles. The molecule has 0 spiro atoms. The molecule has 0 radical (unpaired) electrons. The molecule has 0 saturated carbocycles. The van der Waals surface area contributed by atoms with E-state index in [9.17, 15) is 19.2 Å². The van der Waals surface area contributed by atoms with Crippen LogP contribution in [0, 0.1) is 5.92 Å². The summed E-state index contributed by atoms with van der Waals surface area (Å²) < 4.78 is 0. The van der Waals surface area contributed by atoms with Crippen molar-refractivity contribution in [3.8, 4) is 0 Å². The van der Waals surface area contributed by atoms with Crippen molar-refractivity contribution in [1.29, 1.82) is 0 Å². The fourth-order valence-corrected chi connectivity index (χ4v) is 3.65. The summed E-state index contributed by atoms with van der Waals surface area (Å²) in [6.07, 6.45) is 0.802. The predicted octanol–water partition coefficient (Wildman–Crippen LogP) is 1.40. The second kappa shape index (κ2) is 14.0. The first-order valence-corrected chi connectivity index (χ1v) is 12.0. The number of hydrogen-bond acceptors (Lipinski definition) is 5. The molecule has 0 aliphatic rings. The zero-order valence-electron chi connectivity index (χ0n) is 20.9. The van der Waals surface area contributed by atoms with Gasteiger partial charge < -0.3 is 26.8 Å². The SMILES string of the molecule is CC(C)C[C@H](NC(=O)[C@@H](N)Cc1ccccc1)C(=O)N[C@@H](Cc1ccccc1)C(=O)N[C@@H](C)C(=O)O. The van der Waals surface area contributed by atoms with Gasteiger partial charge in [-0.1, -0.05) is 74.5 Å². The Morgan fingerprint density at radius 2 is 1.19 bits per heavy atom. The van der Waals surface area contributed by atoms with Crippen molar-refractivity contribution in [3.63, 3.8) is 0 Å². The lowest BCUT2D eigenvalue weighted by atomic mass is 10.00. The van der Waals surface area contributed by atoms with Gasteiger partial charge in [-0.3, -0.25) is 19.2 Å². The van der Waals surface area contributed by atoms with E-state index in [1.165, 1.54) is 6.92 Å². The summed E-state index contributed by atoms with van der Waals surface area (Å²) in [5.74, 6) is -2.76. The first-order chi connectivity index (χ1) is 17.1. The molecule has 0 aliphatic heterocycles. The molecule has 0 aliphatic carbocycles. The van der Waals surface area contributed by atoms with Gasteiger partial charge >= 0.3 is 5.97 Å². The molecule has 2 aromatic rings. The molecular weight excluding hydrogens is 460 g/mol. The summed E-state index contributed by atoms with van der Waals surface area (Å²) in [6.45, 7) is 5.18. The van der Waals surface area contributed by atoms with Crippen LogP contribution in [0.25, 0.3) is 0 Å². The smallest absolute Gasteiger partial charge is 0.325 e. The van der Waals surface area contributed by atoms with Crippen molar-refractivity contribution in [3.05, 3.63) is 71.8 Å². The summed E-state index contributed by atoms with van der Waals surface area (Å²) in [6, 6.07) is 14.5. The lowest BCUT2D eigenvalue weighted by Crippen LogP contribution is -2.57. The van der Waals surface area contributed by atoms with Crippen molar-refractivity contribution < 1.29 is 24.3 Å². The summed E-state index contributed by atoms with van der Waals surface area (Å²) in [7, 11) is 0. The predicted molar refractivity (Wildman–Crippen MR) is 137 cm³/mol. The first kappa shape index (κ1) is 28.5. The quantitative estimate of drug-likeness (QED) is 0.283. The van der Waals surface area contributed by atoms with Crippen molar-refractivity contribution in [2.45, 2.75) is 64.2 Å². The average molecular weight is 497 g/mol. The molecule has 0 unspecified atom stereocenters.